The molecule has 0 amide bonds. The molecule has 8 heteroatoms. The summed E-state index contributed by atoms with van der Waals surface area (Å²) >= 11 is 0. The van der Waals surface area contributed by atoms with Crippen molar-refractivity contribution in [3.05, 3.63) is 37.1 Å². The fraction of sp³-hybridized carbons (Fsp3) is 0.273. The molecular formula is C11H12N8. The second-order valence-corrected chi connectivity index (χ2v) is 3.97. The quantitative estimate of drug-likeness (QED) is 0.657. The van der Waals surface area contributed by atoms with Gasteiger partial charge in [0.1, 0.15) is 18.3 Å². The van der Waals surface area contributed by atoms with Gasteiger partial charge in [0.25, 0.3) is 0 Å². The maximum absolute atomic E-state index is 4.38. The van der Waals surface area contributed by atoms with E-state index in [0.29, 0.717) is 5.82 Å². The van der Waals surface area contributed by atoms with E-state index in [9.17, 15) is 0 Å². The Morgan fingerprint density at radius 2 is 1.95 bits per heavy atom. The third-order valence-corrected chi connectivity index (χ3v) is 2.60. The smallest absolute Gasteiger partial charge is 0.199 e. The van der Waals surface area contributed by atoms with Crippen molar-refractivity contribution in [1.29, 1.82) is 0 Å². The molecule has 19 heavy (non-hydrogen) atoms. The molecule has 3 aromatic rings. The topological polar surface area (TPSA) is 87.2 Å². The van der Waals surface area contributed by atoms with Crippen molar-refractivity contribution in [1.82, 2.24) is 40.0 Å². The fourth-order valence-corrected chi connectivity index (χ4v) is 1.69. The molecule has 3 rings (SSSR count). The Hall–Kier alpha value is -2.64. The van der Waals surface area contributed by atoms with Crippen LogP contribution in [0.15, 0.2) is 37.1 Å². The van der Waals surface area contributed by atoms with Crippen molar-refractivity contribution < 1.29 is 0 Å². The third kappa shape index (κ3) is 2.79. The van der Waals surface area contributed by atoms with E-state index in [4.69, 9.17) is 0 Å². The van der Waals surface area contributed by atoms with E-state index < -0.39 is 0 Å². The van der Waals surface area contributed by atoms with E-state index >= 15 is 0 Å². The molecule has 0 saturated carbocycles. The van der Waals surface area contributed by atoms with Crippen molar-refractivity contribution in [3.8, 4) is 11.5 Å². The van der Waals surface area contributed by atoms with Gasteiger partial charge in [0.05, 0.1) is 0 Å². The molecule has 8 nitrogen and oxygen atoms in total. The maximum Gasteiger partial charge on any atom is 0.199 e. The van der Waals surface area contributed by atoms with Gasteiger partial charge in [-0.15, -0.1) is 10.2 Å². The van der Waals surface area contributed by atoms with Crippen molar-refractivity contribution >= 4 is 0 Å². The molecule has 0 fully saturated rings. The number of tetrazole rings is 1. The Morgan fingerprint density at radius 3 is 2.74 bits per heavy atom. The Balaban J connectivity index is 1.59. The molecule has 0 radical (unpaired) electrons. The summed E-state index contributed by atoms with van der Waals surface area (Å²) in [5.74, 6) is 0.642. The van der Waals surface area contributed by atoms with Crippen LogP contribution in [0.25, 0.3) is 11.5 Å². The minimum Gasteiger partial charge on any atom is -0.253 e. The molecule has 0 saturated heterocycles. The first-order chi connectivity index (χ1) is 9.42. The fourth-order valence-electron chi connectivity index (χ4n) is 1.69. The van der Waals surface area contributed by atoms with Gasteiger partial charge in [-0.3, -0.25) is 9.67 Å². The molecular weight excluding hydrogens is 244 g/mol. The van der Waals surface area contributed by atoms with Gasteiger partial charge in [0.2, 0.25) is 0 Å². The molecule has 3 aromatic heterocycles. The van der Waals surface area contributed by atoms with E-state index in [0.717, 1.165) is 25.2 Å². The van der Waals surface area contributed by atoms with Crippen LogP contribution < -0.4 is 0 Å². The molecule has 0 unspecified atom stereocenters. The summed E-state index contributed by atoms with van der Waals surface area (Å²) in [4.78, 5) is 8.46. The summed E-state index contributed by atoms with van der Waals surface area (Å²) in [6.07, 6.45) is 5.92. The van der Waals surface area contributed by atoms with Gasteiger partial charge in [0.15, 0.2) is 5.82 Å². The second kappa shape index (κ2) is 5.34. The molecule has 0 aliphatic rings. The van der Waals surface area contributed by atoms with Crippen LogP contribution in [0.3, 0.4) is 0 Å². The van der Waals surface area contributed by atoms with Crippen LogP contribution in [-0.4, -0.2) is 40.0 Å². The van der Waals surface area contributed by atoms with Crippen LogP contribution in [0.5, 0.6) is 0 Å². The summed E-state index contributed by atoms with van der Waals surface area (Å²) in [5, 5.41) is 15.3. The predicted molar refractivity (Wildman–Crippen MR) is 65.7 cm³/mol. The summed E-state index contributed by atoms with van der Waals surface area (Å²) in [5.41, 5.74) is 0.779. The van der Waals surface area contributed by atoms with E-state index in [1.807, 2.05) is 18.2 Å². The summed E-state index contributed by atoms with van der Waals surface area (Å²) in [6, 6.07) is 5.67. The number of aromatic nitrogens is 8. The highest BCUT2D eigenvalue weighted by molar-refractivity contribution is 5.46. The van der Waals surface area contributed by atoms with Crippen LogP contribution in [0.4, 0.5) is 0 Å². The molecule has 0 bridgehead atoms. The van der Waals surface area contributed by atoms with Gasteiger partial charge < -0.3 is 0 Å². The minimum absolute atomic E-state index is 0.642. The highest BCUT2D eigenvalue weighted by Crippen LogP contribution is 2.09. The van der Waals surface area contributed by atoms with Gasteiger partial charge in [-0.05, 0) is 29.0 Å². The predicted octanol–water partition coefficient (Wildman–Crippen LogP) is 0.417. The van der Waals surface area contributed by atoms with Crippen molar-refractivity contribution in [2.75, 3.05) is 0 Å². The van der Waals surface area contributed by atoms with Crippen LogP contribution in [0.1, 0.15) is 6.42 Å². The minimum atomic E-state index is 0.642. The van der Waals surface area contributed by atoms with Gasteiger partial charge in [0, 0.05) is 19.3 Å². The molecule has 0 aromatic carbocycles. The Kier molecular flexibility index (Phi) is 3.22. The standard InChI is InChI=1S/C11H12N8/c1-2-5-12-10(4-1)11-13-8-18(15-11)6-3-7-19-9-14-16-17-19/h1-2,4-5,8-9H,3,6-7H2. The molecule has 3 heterocycles. The van der Waals surface area contributed by atoms with Gasteiger partial charge in [-0.2, -0.15) is 0 Å². The zero-order chi connectivity index (χ0) is 12.9. The van der Waals surface area contributed by atoms with Crippen molar-refractivity contribution in [2.45, 2.75) is 19.5 Å². The number of hydrogen-bond acceptors (Lipinski definition) is 6. The lowest BCUT2D eigenvalue weighted by atomic mass is 10.3. The number of pyridine rings is 1. The first kappa shape index (κ1) is 11.5. The van der Waals surface area contributed by atoms with E-state index in [-0.39, 0.29) is 0 Å². The lowest BCUT2D eigenvalue weighted by Gasteiger charge is -1.99. The zero-order valence-electron chi connectivity index (χ0n) is 10.2. The number of nitrogens with zero attached hydrogens (tertiary/aromatic N) is 8. The number of aryl methyl sites for hydroxylation is 2. The second-order valence-electron chi connectivity index (χ2n) is 3.97. The summed E-state index contributed by atoms with van der Waals surface area (Å²) < 4.78 is 3.49. The number of rotatable bonds is 5. The van der Waals surface area contributed by atoms with Gasteiger partial charge in [-0.25, -0.2) is 9.67 Å². The van der Waals surface area contributed by atoms with Crippen LogP contribution >= 0.6 is 0 Å². The first-order valence-corrected chi connectivity index (χ1v) is 5.93. The highest BCUT2D eigenvalue weighted by Gasteiger charge is 2.04. The lowest BCUT2D eigenvalue weighted by molar-refractivity contribution is 0.492. The van der Waals surface area contributed by atoms with Crippen LogP contribution in [0.2, 0.25) is 0 Å². The summed E-state index contributed by atoms with van der Waals surface area (Å²) in [6.45, 7) is 1.52. The average molecular weight is 256 g/mol. The Labute approximate surface area is 109 Å². The third-order valence-electron chi connectivity index (χ3n) is 2.60. The first-order valence-electron chi connectivity index (χ1n) is 5.93. The molecule has 0 aliphatic carbocycles. The van der Waals surface area contributed by atoms with E-state index in [1.54, 1.807) is 28.2 Å². The molecule has 0 N–H and O–H groups in total. The normalized spacial score (nSPS) is 10.7. The number of hydrogen-bond donors (Lipinski definition) is 0. The largest absolute Gasteiger partial charge is 0.253 e. The average Bonchev–Trinajstić information content (AvgIpc) is 3.11. The molecule has 0 atom stereocenters. The highest BCUT2D eigenvalue weighted by atomic mass is 15.5. The van der Waals surface area contributed by atoms with E-state index in [1.165, 1.54) is 0 Å². The molecule has 96 valence electrons. The van der Waals surface area contributed by atoms with Crippen molar-refractivity contribution in [3.63, 3.8) is 0 Å². The van der Waals surface area contributed by atoms with E-state index in [2.05, 4.69) is 30.6 Å². The SMILES string of the molecule is c1ccc(-c2ncn(CCCn3cnnn3)n2)nc1. The maximum atomic E-state index is 4.38. The zero-order valence-corrected chi connectivity index (χ0v) is 10.2. The van der Waals surface area contributed by atoms with Crippen LogP contribution in [0, 0.1) is 0 Å². The Bertz CT molecular complexity index is 615. The summed E-state index contributed by atoms with van der Waals surface area (Å²) in [7, 11) is 0. The van der Waals surface area contributed by atoms with Gasteiger partial charge in [-0.1, -0.05) is 6.07 Å². The Morgan fingerprint density at radius 1 is 1.00 bits per heavy atom. The van der Waals surface area contributed by atoms with Crippen molar-refractivity contribution in [2.24, 2.45) is 0 Å². The monoisotopic (exact) mass is 256 g/mol. The molecule has 0 aliphatic heterocycles. The van der Waals surface area contributed by atoms with Gasteiger partial charge >= 0.3 is 0 Å². The van der Waals surface area contributed by atoms with Crippen LogP contribution in [-0.2, 0) is 13.1 Å². The molecule has 0 spiro atoms. The lowest BCUT2D eigenvalue weighted by Crippen LogP contribution is -2.05.